The molecule has 0 heterocycles. The molecule has 0 aromatic heterocycles. The lowest BCUT2D eigenvalue weighted by molar-refractivity contribution is -0.138. The van der Waals surface area contributed by atoms with Crippen molar-refractivity contribution in [3.8, 4) is 0 Å². The Morgan fingerprint density at radius 3 is 2.50 bits per heavy atom. The number of rotatable bonds is 5. The summed E-state index contributed by atoms with van der Waals surface area (Å²) in [6.45, 7) is 1.46. The highest BCUT2D eigenvalue weighted by Crippen LogP contribution is 2.07. The molecule has 0 saturated carbocycles. The summed E-state index contributed by atoms with van der Waals surface area (Å²) < 4.78 is 0. The van der Waals surface area contributed by atoms with Crippen molar-refractivity contribution < 1.29 is 14.7 Å². The normalized spacial score (nSPS) is 11.8. The van der Waals surface area contributed by atoms with Gasteiger partial charge in [-0.2, -0.15) is 0 Å². The molecule has 1 rings (SSSR count). The summed E-state index contributed by atoms with van der Waals surface area (Å²) in [7, 11) is 0. The zero-order valence-electron chi connectivity index (χ0n) is 9.14. The van der Waals surface area contributed by atoms with E-state index in [0.29, 0.717) is 6.42 Å². The molecule has 2 N–H and O–H groups in total. The summed E-state index contributed by atoms with van der Waals surface area (Å²) in [5.74, 6) is -1.48. The molecule has 1 atom stereocenters. The molecule has 0 bridgehead atoms. The Hall–Kier alpha value is -1.84. The number of nitrogens with one attached hydrogen (secondary N) is 1. The van der Waals surface area contributed by atoms with Crippen LogP contribution in [-0.4, -0.2) is 23.5 Å². The van der Waals surface area contributed by atoms with Gasteiger partial charge >= 0.3 is 5.97 Å². The molecule has 1 aromatic carbocycles. The van der Waals surface area contributed by atoms with Gasteiger partial charge in [0.25, 0.3) is 0 Å². The average molecular weight is 221 g/mol. The van der Waals surface area contributed by atoms with Crippen LogP contribution >= 0.6 is 0 Å². The molecule has 0 aliphatic rings. The van der Waals surface area contributed by atoms with Crippen molar-refractivity contribution >= 4 is 11.9 Å². The lowest BCUT2D eigenvalue weighted by Gasteiger charge is -2.10. The number of hydrogen-bond acceptors (Lipinski definition) is 2. The highest BCUT2D eigenvalue weighted by molar-refractivity contribution is 5.82. The van der Waals surface area contributed by atoms with Crippen molar-refractivity contribution in [2.24, 2.45) is 5.92 Å². The molecular formula is C12H15NO3. The van der Waals surface area contributed by atoms with Gasteiger partial charge in [-0.05, 0) is 12.0 Å². The predicted molar refractivity (Wildman–Crippen MR) is 60.0 cm³/mol. The number of benzene rings is 1. The molecule has 0 spiro atoms. The van der Waals surface area contributed by atoms with Gasteiger partial charge in [0.05, 0.1) is 0 Å². The van der Waals surface area contributed by atoms with Crippen molar-refractivity contribution in [3.63, 3.8) is 0 Å². The Labute approximate surface area is 94.3 Å². The monoisotopic (exact) mass is 221 g/mol. The van der Waals surface area contributed by atoms with Gasteiger partial charge in [0.2, 0.25) is 5.91 Å². The van der Waals surface area contributed by atoms with Crippen molar-refractivity contribution in [1.29, 1.82) is 0 Å². The summed E-state index contributed by atoms with van der Waals surface area (Å²) in [6.07, 6.45) is 0.617. The second-order valence-corrected chi connectivity index (χ2v) is 3.70. The van der Waals surface area contributed by atoms with Crippen molar-refractivity contribution in [2.75, 3.05) is 6.54 Å². The van der Waals surface area contributed by atoms with Gasteiger partial charge in [-0.25, -0.2) is 0 Å². The van der Waals surface area contributed by atoms with E-state index < -0.39 is 5.97 Å². The number of carboxylic acids is 1. The maximum absolute atomic E-state index is 11.5. The van der Waals surface area contributed by atoms with E-state index in [2.05, 4.69) is 5.32 Å². The lowest BCUT2D eigenvalue weighted by atomic mass is 10.0. The second-order valence-electron chi connectivity index (χ2n) is 3.70. The fourth-order valence-corrected chi connectivity index (χ4v) is 1.40. The van der Waals surface area contributed by atoms with Crippen LogP contribution in [0.2, 0.25) is 0 Å². The van der Waals surface area contributed by atoms with Crippen LogP contribution in [-0.2, 0) is 16.0 Å². The Morgan fingerprint density at radius 1 is 1.31 bits per heavy atom. The van der Waals surface area contributed by atoms with E-state index in [1.807, 2.05) is 30.3 Å². The number of carbonyl (C=O) groups excluding carboxylic acids is 1. The summed E-state index contributed by atoms with van der Waals surface area (Å²) in [6, 6.07) is 9.63. The Balaban J connectivity index is 2.43. The van der Waals surface area contributed by atoms with Gasteiger partial charge in [-0.1, -0.05) is 37.3 Å². The van der Waals surface area contributed by atoms with Gasteiger partial charge in [-0.15, -0.1) is 0 Å². The summed E-state index contributed by atoms with van der Waals surface area (Å²) in [5.41, 5.74) is 1.07. The van der Waals surface area contributed by atoms with Crippen molar-refractivity contribution in [1.82, 2.24) is 5.32 Å². The van der Waals surface area contributed by atoms with E-state index in [-0.39, 0.29) is 18.4 Å². The highest BCUT2D eigenvalue weighted by atomic mass is 16.4. The summed E-state index contributed by atoms with van der Waals surface area (Å²) in [4.78, 5) is 21.7. The molecule has 1 amide bonds. The van der Waals surface area contributed by atoms with Crippen LogP contribution in [0.25, 0.3) is 0 Å². The van der Waals surface area contributed by atoms with Crippen molar-refractivity contribution in [2.45, 2.75) is 13.3 Å². The van der Waals surface area contributed by atoms with Gasteiger partial charge in [0.15, 0.2) is 0 Å². The fraction of sp³-hybridized carbons (Fsp3) is 0.333. The largest absolute Gasteiger partial charge is 0.480 e. The molecule has 0 radical (unpaired) electrons. The zero-order chi connectivity index (χ0) is 12.0. The molecule has 0 aliphatic carbocycles. The number of carbonyl (C=O) groups is 2. The van der Waals surface area contributed by atoms with Crippen LogP contribution in [0.15, 0.2) is 30.3 Å². The Morgan fingerprint density at radius 2 is 1.94 bits per heavy atom. The van der Waals surface area contributed by atoms with E-state index in [1.165, 1.54) is 0 Å². The number of hydrogen-bond donors (Lipinski definition) is 2. The first-order valence-electron chi connectivity index (χ1n) is 5.13. The van der Waals surface area contributed by atoms with E-state index in [1.54, 1.807) is 6.92 Å². The summed E-state index contributed by atoms with van der Waals surface area (Å²) >= 11 is 0. The molecular weight excluding hydrogens is 206 g/mol. The Bertz CT molecular complexity index is 362. The first-order valence-corrected chi connectivity index (χ1v) is 5.13. The topological polar surface area (TPSA) is 66.4 Å². The minimum Gasteiger partial charge on any atom is -0.480 e. The molecule has 0 aliphatic heterocycles. The lowest BCUT2D eigenvalue weighted by Crippen LogP contribution is -2.34. The van der Waals surface area contributed by atoms with E-state index in [0.717, 1.165) is 5.56 Å². The second kappa shape index (κ2) is 5.90. The molecule has 4 heteroatoms. The smallest absolute Gasteiger partial charge is 0.322 e. The SMILES string of the molecule is C[C@H](Cc1ccccc1)C(=O)NCC(=O)O. The third kappa shape index (κ3) is 4.13. The standard InChI is InChI=1S/C12H15NO3/c1-9(12(16)13-8-11(14)15)7-10-5-3-2-4-6-10/h2-6,9H,7-8H2,1H3,(H,13,16)(H,14,15)/t9-/m1/s1. The maximum Gasteiger partial charge on any atom is 0.322 e. The van der Waals surface area contributed by atoms with Gasteiger partial charge < -0.3 is 10.4 Å². The van der Waals surface area contributed by atoms with Crippen LogP contribution < -0.4 is 5.32 Å². The quantitative estimate of drug-likeness (QED) is 0.781. The molecule has 16 heavy (non-hydrogen) atoms. The van der Waals surface area contributed by atoms with Crippen molar-refractivity contribution in [3.05, 3.63) is 35.9 Å². The first-order chi connectivity index (χ1) is 7.59. The number of amides is 1. The minimum absolute atomic E-state index is 0.221. The van der Waals surface area contributed by atoms with E-state index in [4.69, 9.17) is 5.11 Å². The van der Waals surface area contributed by atoms with Crippen LogP contribution in [0.3, 0.4) is 0 Å². The maximum atomic E-state index is 11.5. The molecule has 86 valence electrons. The van der Waals surface area contributed by atoms with Gasteiger partial charge in [0, 0.05) is 5.92 Å². The zero-order valence-corrected chi connectivity index (χ0v) is 9.14. The predicted octanol–water partition coefficient (Wildman–Crippen LogP) is 1.07. The average Bonchev–Trinajstić information content (AvgIpc) is 2.27. The van der Waals surface area contributed by atoms with Crippen LogP contribution in [0.1, 0.15) is 12.5 Å². The molecule has 0 saturated heterocycles. The van der Waals surface area contributed by atoms with Gasteiger partial charge in [-0.3, -0.25) is 9.59 Å². The molecule has 0 unspecified atom stereocenters. The third-order valence-electron chi connectivity index (χ3n) is 2.25. The molecule has 0 fully saturated rings. The van der Waals surface area contributed by atoms with Crippen LogP contribution in [0.5, 0.6) is 0 Å². The van der Waals surface area contributed by atoms with Gasteiger partial charge in [0.1, 0.15) is 6.54 Å². The van der Waals surface area contributed by atoms with Crippen LogP contribution in [0.4, 0.5) is 0 Å². The Kier molecular flexibility index (Phi) is 4.51. The fourth-order valence-electron chi connectivity index (χ4n) is 1.40. The first kappa shape index (κ1) is 12.2. The summed E-state index contributed by atoms with van der Waals surface area (Å²) in [5, 5.41) is 10.8. The van der Waals surface area contributed by atoms with E-state index >= 15 is 0 Å². The molecule has 1 aromatic rings. The van der Waals surface area contributed by atoms with E-state index in [9.17, 15) is 9.59 Å². The number of aliphatic carboxylic acids is 1. The number of carboxylic acid groups (broad SMARTS) is 1. The molecule has 4 nitrogen and oxygen atoms in total. The third-order valence-corrected chi connectivity index (χ3v) is 2.25. The highest BCUT2D eigenvalue weighted by Gasteiger charge is 2.13. The van der Waals surface area contributed by atoms with Crippen LogP contribution in [0, 0.1) is 5.92 Å². The minimum atomic E-state index is -1.03.